The van der Waals surface area contributed by atoms with Gasteiger partial charge in [0.05, 0.1) is 12.3 Å². The minimum absolute atomic E-state index is 0.0149. The van der Waals surface area contributed by atoms with Gasteiger partial charge in [0.1, 0.15) is 5.92 Å². The van der Waals surface area contributed by atoms with Crippen molar-refractivity contribution < 1.29 is 23.8 Å². The van der Waals surface area contributed by atoms with E-state index in [4.69, 9.17) is 26.4 Å². The second-order valence-corrected chi connectivity index (χ2v) is 6.75. The molecule has 0 aromatic rings. The Labute approximate surface area is 163 Å². The fraction of sp³-hybridized carbons (Fsp3) is 0.556. The first-order chi connectivity index (χ1) is 13.1. The number of hydrogen-bond acceptors (Lipinski definition) is 6. The molecule has 1 saturated heterocycles. The Bertz CT molecular complexity index is 716. The van der Waals surface area contributed by atoms with E-state index < -0.39 is 5.92 Å². The summed E-state index contributed by atoms with van der Waals surface area (Å²) < 4.78 is 15.6. The van der Waals surface area contributed by atoms with Gasteiger partial charge in [-0.15, -0.1) is 0 Å². The van der Waals surface area contributed by atoms with Gasteiger partial charge in [-0.25, -0.2) is 4.99 Å². The van der Waals surface area contributed by atoms with Crippen LogP contribution in [0.15, 0.2) is 28.7 Å². The van der Waals surface area contributed by atoms with Gasteiger partial charge in [0.15, 0.2) is 11.5 Å². The van der Waals surface area contributed by atoms with Crippen LogP contribution in [0, 0.1) is 5.92 Å². The van der Waals surface area contributed by atoms with Crippen LogP contribution < -0.4 is 5.32 Å². The van der Waals surface area contributed by atoms with Crippen molar-refractivity contribution in [1.82, 2.24) is 10.2 Å². The number of rotatable bonds is 9. The number of amides is 2. The van der Waals surface area contributed by atoms with E-state index in [9.17, 15) is 9.59 Å². The zero-order chi connectivity index (χ0) is 19.2. The molecule has 2 aliphatic heterocycles. The highest BCUT2D eigenvalue weighted by Crippen LogP contribution is 2.31. The fourth-order valence-electron chi connectivity index (χ4n) is 3.05. The van der Waals surface area contributed by atoms with Gasteiger partial charge in [0.2, 0.25) is 23.7 Å². The highest BCUT2D eigenvalue weighted by molar-refractivity contribution is 7.80. The number of hydrogen-bond donors (Lipinski definition) is 1. The average Bonchev–Trinajstić information content (AvgIpc) is 3.10. The number of unbranched alkanes of at least 4 members (excludes halogenated alkanes) is 2. The SMILES string of the molecule is COCCNC(=O)CCCCCN1C(=O)C2C=C3OCOC3=CC2=NC1=S. The fourth-order valence-corrected chi connectivity index (χ4v) is 3.34. The second kappa shape index (κ2) is 9.09. The number of methoxy groups -OCH3 is 1. The molecule has 2 amide bonds. The summed E-state index contributed by atoms with van der Waals surface area (Å²) in [4.78, 5) is 30.3. The lowest BCUT2D eigenvalue weighted by Crippen LogP contribution is -2.46. The molecule has 0 saturated carbocycles. The van der Waals surface area contributed by atoms with Gasteiger partial charge >= 0.3 is 0 Å². The lowest BCUT2D eigenvalue weighted by Gasteiger charge is -2.30. The van der Waals surface area contributed by atoms with E-state index in [0.717, 1.165) is 19.3 Å². The van der Waals surface area contributed by atoms with Crippen LogP contribution in [0.1, 0.15) is 25.7 Å². The van der Waals surface area contributed by atoms with Crippen molar-refractivity contribution >= 4 is 34.9 Å². The lowest BCUT2D eigenvalue weighted by molar-refractivity contribution is -0.128. The molecule has 0 radical (unpaired) electrons. The number of carbonyl (C=O) groups is 2. The summed E-state index contributed by atoms with van der Waals surface area (Å²) in [6.45, 7) is 1.67. The molecule has 0 spiro atoms. The topological polar surface area (TPSA) is 89.5 Å². The number of thiocarbonyl (C=S) groups is 1. The summed E-state index contributed by atoms with van der Waals surface area (Å²) in [7, 11) is 1.60. The lowest BCUT2D eigenvalue weighted by atomic mass is 9.93. The maximum absolute atomic E-state index is 12.8. The van der Waals surface area contributed by atoms with Gasteiger partial charge in [0, 0.05) is 32.7 Å². The molecule has 1 aliphatic carbocycles. The number of nitrogens with zero attached hydrogens (tertiary/aromatic N) is 2. The summed E-state index contributed by atoms with van der Waals surface area (Å²) in [6, 6.07) is 0. The summed E-state index contributed by atoms with van der Waals surface area (Å²) in [5.74, 6) is 0.614. The summed E-state index contributed by atoms with van der Waals surface area (Å²) >= 11 is 5.29. The number of aliphatic imine (C=N–C) groups is 1. The zero-order valence-corrected chi connectivity index (χ0v) is 16.0. The smallest absolute Gasteiger partial charge is 0.241 e. The Balaban J connectivity index is 1.45. The van der Waals surface area contributed by atoms with E-state index in [-0.39, 0.29) is 23.7 Å². The monoisotopic (exact) mass is 393 g/mol. The molecule has 1 unspecified atom stereocenters. The molecule has 3 aliphatic rings. The average molecular weight is 393 g/mol. The Morgan fingerprint density at radius 3 is 3.00 bits per heavy atom. The van der Waals surface area contributed by atoms with E-state index in [0.29, 0.717) is 43.3 Å². The largest absolute Gasteiger partial charge is 0.454 e. The molecule has 9 heteroatoms. The van der Waals surface area contributed by atoms with Gasteiger partial charge in [-0.2, -0.15) is 0 Å². The Morgan fingerprint density at radius 2 is 2.19 bits per heavy atom. The maximum Gasteiger partial charge on any atom is 0.241 e. The van der Waals surface area contributed by atoms with Crippen molar-refractivity contribution in [3.8, 4) is 0 Å². The molecule has 2 heterocycles. The molecule has 1 N–H and O–H groups in total. The van der Waals surface area contributed by atoms with Crippen molar-refractivity contribution in [2.75, 3.05) is 33.6 Å². The highest BCUT2D eigenvalue weighted by Gasteiger charge is 2.38. The van der Waals surface area contributed by atoms with Gasteiger partial charge < -0.3 is 19.5 Å². The van der Waals surface area contributed by atoms with Crippen LogP contribution in [0.25, 0.3) is 0 Å². The normalized spacial score (nSPS) is 20.7. The third-order valence-electron chi connectivity index (χ3n) is 4.49. The molecule has 0 aromatic heterocycles. The minimum Gasteiger partial charge on any atom is -0.454 e. The predicted octanol–water partition coefficient (Wildman–Crippen LogP) is 1.28. The van der Waals surface area contributed by atoms with Gasteiger partial charge in [-0.3, -0.25) is 14.5 Å². The Hall–Kier alpha value is -2.26. The molecule has 0 aromatic carbocycles. The van der Waals surface area contributed by atoms with Gasteiger partial charge in [0.25, 0.3) is 0 Å². The quantitative estimate of drug-likeness (QED) is 0.469. The Kier molecular flexibility index (Phi) is 6.57. The molecule has 8 nitrogen and oxygen atoms in total. The van der Waals surface area contributed by atoms with Crippen LogP contribution in [-0.4, -0.2) is 61.1 Å². The maximum atomic E-state index is 12.8. The molecular weight excluding hydrogens is 370 g/mol. The van der Waals surface area contributed by atoms with E-state index in [1.165, 1.54) is 4.90 Å². The number of fused-ring (bicyclic) bond motifs is 2. The van der Waals surface area contributed by atoms with Crippen LogP contribution >= 0.6 is 12.2 Å². The number of nitrogens with one attached hydrogen (secondary N) is 1. The van der Waals surface area contributed by atoms with Crippen molar-refractivity contribution in [2.45, 2.75) is 25.7 Å². The predicted molar refractivity (Wildman–Crippen MR) is 102 cm³/mol. The molecule has 1 atom stereocenters. The van der Waals surface area contributed by atoms with Crippen LogP contribution in [0.4, 0.5) is 0 Å². The van der Waals surface area contributed by atoms with Gasteiger partial charge in [-0.1, -0.05) is 6.42 Å². The number of allylic oxidation sites excluding steroid dienone is 1. The van der Waals surface area contributed by atoms with Crippen LogP contribution in [-0.2, 0) is 23.8 Å². The molecular formula is C18H23N3O5S. The van der Waals surface area contributed by atoms with Crippen LogP contribution in [0.2, 0.25) is 0 Å². The number of carbonyl (C=O) groups excluding carboxylic acids is 2. The van der Waals surface area contributed by atoms with E-state index in [2.05, 4.69) is 10.3 Å². The summed E-state index contributed by atoms with van der Waals surface area (Å²) in [5.41, 5.74) is 0.596. The van der Waals surface area contributed by atoms with E-state index in [1.807, 2.05) is 0 Å². The molecule has 3 rings (SSSR count). The van der Waals surface area contributed by atoms with Crippen LogP contribution in [0.5, 0.6) is 0 Å². The van der Waals surface area contributed by atoms with Gasteiger partial charge in [-0.05, 0) is 31.1 Å². The van der Waals surface area contributed by atoms with Crippen molar-refractivity contribution in [2.24, 2.45) is 10.9 Å². The van der Waals surface area contributed by atoms with Crippen molar-refractivity contribution in [1.29, 1.82) is 0 Å². The minimum atomic E-state index is -0.483. The first kappa shape index (κ1) is 19.5. The molecule has 27 heavy (non-hydrogen) atoms. The van der Waals surface area contributed by atoms with E-state index in [1.54, 1.807) is 19.3 Å². The summed E-state index contributed by atoms with van der Waals surface area (Å²) in [6.07, 6.45) is 6.26. The number of ether oxygens (including phenoxy) is 3. The van der Waals surface area contributed by atoms with E-state index >= 15 is 0 Å². The molecule has 146 valence electrons. The standard InChI is InChI=1S/C18H23N3O5S/c1-24-8-6-19-16(22)5-3-2-4-7-21-17(23)12-9-14-15(26-11-25-14)10-13(12)20-18(21)27/h9-10,12H,2-8,11H2,1H3,(H,19,22). The van der Waals surface area contributed by atoms with Crippen molar-refractivity contribution in [3.63, 3.8) is 0 Å². The third kappa shape index (κ3) is 4.72. The first-order valence-electron chi connectivity index (χ1n) is 8.99. The molecule has 1 fully saturated rings. The zero-order valence-electron chi connectivity index (χ0n) is 15.2. The first-order valence-corrected chi connectivity index (χ1v) is 9.40. The van der Waals surface area contributed by atoms with Crippen LogP contribution in [0.3, 0.4) is 0 Å². The second-order valence-electron chi connectivity index (χ2n) is 6.39. The third-order valence-corrected chi connectivity index (χ3v) is 4.80. The molecule has 0 bridgehead atoms. The highest BCUT2D eigenvalue weighted by atomic mass is 32.1. The summed E-state index contributed by atoms with van der Waals surface area (Å²) in [5, 5.41) is 3.06. The van der Waals surface area contributed by atoms with Crippen molar-refractivity contribution in [3.05, 3.63) is 23.7 Å². The Morgan fingerprint density at radius 1 is 1.37 bits per heavy atom.